The second kappa shape index (κ2) is 6.86. The molecule has 1 fully saturated rings. The van der Waals surface area contributed by atoms with Gasteiger partial charge in [-0.3, -0.25) is 4.98 Å². The zero-order valence-corrected chi connectivity index (χ0v) is 11.0. The first kappa shape index (κ1) is 13.5. The maximum absolute atomic E-state index is 10.6. The third-order valence-corrected chi connectivity index (χ3v) is 4.12. The number of aliphatic hydroxyl groups is 1. The SMILES string of the molecule is NCC(c1ccccn1)C(O)C1CCCCCC1. The fraction of sp³-hybridized carbons (Fsp3) is 0.667. The predicted molar refractivity (Wildman–Crippen MR) is 73.2 cm³/mol. The lowest BCUT2D eigenvalue weighted by atomic mass is 9.84. The van der Waals surface area contributed by atoms with Gasteiger partial charge in [-0.1, -0.05) is 31.7 Å². The highest BCUT2D eigenvalue weighted by Gasteiger charge is 2.29. The van der Waals surface area contributed by atoms with Crippen LogP contribution >= 0.6 is 0 Å². The van der Waals surface area contributed by atoms with Gasteiger partial charge in [-0.25, -0.2) is 0 Å². The highest BCUT2D eigenvalue weighted by molar-refractivity contribution is 5.12. The number of hydrogen-bond acceptors (Lipinski definition) is 3. The molecule has 0 aliphatic heterocycles. The first-order valence-electron chi connectivity index (χ1n) is 7.12. The second-order valence-corrected chi connectivity index (χ2v) is 5.34. The van der Waals surface area contributed by atoms with E-state index in [4.69, 9.17) is 5.73 Å². The molecule has 3 nitrogen and oxygen atoms in total. The number of nitrogens with two attached hydrogens (primary N) is 1. The minimum Gasteiger partial charge on any atom is -0.392 e. The Balaban J connectivity index is 2.06. The van der Waals surface area contributed by atoms with Crippen molar-refractivity contribution in [2.75, 3.05) is 6.54 Å². The summed E-state index contributed by atoms with van der Waals surface area (Å²) in [4.78, 5) is 4.35. The number of nitrogens with zero attached hydrogens (tertiary/aromatic N) is 1. The Kier molecular flexibility index (Phi) is 5.14. The Bertz CT molecular complexity index is 334. The minimum absolute atomic E-state index is 0.0192. The van der Waals surface area contributed by atoms with Crippen molar-refractivity contribution in [2.45, 2.75) is 50.5 Å². The van der Waals surface area contributed by atoms with E-state index in [1.807, 2.05) is 18.2 Å². The lowest BCUT2D eigenvalue weighted by Gasteiger charge is -2.28. The first-order valence-corrected chi connectivity index (χ1v) is 7.12. The van der Waals surface area contributed by atoms with Crippen molar-refractivity contribution in [1.29, 1.82) is 0 Å². The van der Waals surface area contributed by atoms with Crippen LogP contribution in [0.5, 0.6) is 0 Å². The second-order valence-electron chi connectivity index (χ2n) is 5.34. The first-order chi connectivity index (χ1) is 8.83. The summed E-state index contributed by atoms with van der Waals surface area (Å²) in [6.45, 7) is 0.467. The number of rotatable bonds is 4. The average molecular weight is 248 g/mol. The van der Waals surface area contributed by atoms with E-state index in [0.717, 1.165) is 18.5 Å². The third kappa shape index (κ3) is 3.30. The van der Waals surface area contributed by atoms with Gasteiger partial charge in [0.2, 0.25) is 0 Å². The molecular formula is C15H24N2O. The predicted octanol–water partition coefficient (Wildman–Crippen LogP) is 2.46. The van der Waals surface area contributed by atoms with Gasteiger partial charge in [0.15, 0.2) is 0 Å². The van der Waals surface area contributed by atoms with Gasteiger partial charge in [0.25, 0.3) is 0 Å². The van der Waals surface area contributed by atoms with Crippen molar-refractivity contribution in [2.24, 2.45) is 11.7 Å². The van der Waals surface area contributed by atoms with Crippen molar-refractivity contribution < 1.29 is 5.11 Å². The van der Waals surface area contributed by atoms with Crippen molar-refractivity contribution >= 4 is 0 Å². The number of aromatic nitrogens is 1. The smallest absolute Gasteiger partial charge is 0.0664 e. The zero-order chi connectivity index (χ0) is 12.8. The van der Waals surface area contributed by atoms with Crippen LogP contribution in [0, 0.1) is 5.92 Å². The lowest BCUT2D eigenvalue weighted by Crippen LogP contribution is -2.32. The van der Waals surface area contributed by atoms with Crippen LogP contribution in [-0.2, 0) is 0 Å². The monoisotopic (exact) mass is 248 g/mol. The van der Waals surface area contributed by atoms with E-state index in [1.165, 1.54) is 25.7 Å². The molecule has 0 bridgehead atoms. The molecule has 1 aromatic rings. The Hall–Kier alpha value is -0.930. The Labute approximate surface area is 109 Å². The summed E-state index contributed by atoms with van der Waals surface area (Å²) in [5, 5.41) is 10.6. The van der Waals surface area contributed by atoms with Gasteiger partial charge in [0, 0.05) is 24.4 Å². The Morgan fingerprint density at radius 2 is 1.94 bits per heavy atom. The molecule has 0 radical (unpaired) electrons. The Morgan fingerprint density at radius 3 is 2.50 bits per heavy atom. The molecule has 3 N–H and O–H groups in total. The lowest BCUT2D eigenvalue weighted by molar-refractivity contribution is 0.0729. The van der Waals surface area contributed by atoms with E-state index in [9.17, 15) is 5.11 Å². The Morgan fingerprint density at radius 1 is 1.22 bits per heavy atom. The van der Waals surface area contributed by atoms with Crippen LogP contribution < -0.4 is 5.73 Å². The number of hydrogen-bond donors (Lipinski definition) is 2. The fourth-order valence-corrected chi connectivity index (χ4v) is 3.01. The molecule has 1 saturated carbocycles. The molecule has 2 rings (SSSR count). The van der Waals surface area contributed by atoms with E-state index < -0.39 is 0 Å². The van der Waals surface area contributed by atoms with E-state index >= 15 is 0 Å². The molecule has 1 aromatic heterocycles. The normalized spacial score (nSPS) is 21.2. The molecule has 1 aliphatic carbocycles. The van der Waals surface area contributed by atoms with Crippen LogP contribution in [0.4, 0.5) is 0 Å². The number of aliphatic hydroxyl groups excluding tert-OH is 1. The quantitative estimate of drug-likeness (QED) is 0.805. The standard InChI is InChI=1S/C15H24N2O/c16-11-13(14-9-5-6-10-17-14)15(18)12-7-3-1-2-4-8-12/h5-6,9-10,12-13,15,18H,1-4,7-8,11,16H2. The average Bonchev–Trinajstić information content (AvgIpc) is 2.69. The van der Waals surface area contributed by atoms with Gasteiger partial charge in [0.1, 0.15) is 0 Å². The van der Waals surface area contributed by atoms with Crippen LogP contribution in [0.1, 0.15) is 50.1 Å². The summed E-state index contributed by atoms with van der Waals surface area (Å²) in [5.41, 5.74) is 6.78. The van der Waals surface area contributed by atoms with Crippen LogP contribution in [0.15, 0.2) is 24.4 Å². The van der Waals surface area contributed by atoms with E-state index in [2.05, 4.69) is 4.98 Å². The summed E-state index contributed by atoms with van der Waals surface area (Å²) in [5.74, 6) is 0.373. The molecule has 1 heterocycles. The molecule has 0 aromatic carbocycles. The molecule has 0 saturated heterocycles. The molecule has 2 atom stereocenters. The van der Waals surface area contributed by atoms with Crippen LogP contribution in [0.2, 0.25) is 0 Å². The molecule has 3 heteroatoms. The van der Waals surface area contributed by atoms with Gasteiger partial charge in [-0.05, 0) is 30.9 Å². The van der Waals surface area contributed by atoms with Gasteiger partial charge < -0.3 is 10.8 Å². The van der Waals surface area contributed by atoms with E-state index in [0.29, 0.717) is 12.5 Å². The van der Waals surface area contributed by atoms with Gasteiger partial charge in [-0.15, -0.1) is 0 Å². The summed E-state index contributed by atoms with van der Waals surface area (Å²) < 4.78 is 0. The summed E-state index contributed by atoms with van der Waals surface area (Å²) >= 11 is 0. The summed E-state index contributed by atoms with van der Waals surface area (Å²) in [6, 6.07) is 5.83. The van der Waals surface area contributed by atoms with Crippen molar-refractivity contribution in [1.82, 2.24) is 4.98 Å². The van der Waals surface area contributed by atoms with Crippen LogP contribution in [0.25, 0.3) is 0 Å². The topological polar surface area (TPSA) is 59.1 Å². The van der Waals surface area contributed by atoms with Gasteiger partial charge >= 0.3 is 0 Å². The molecule has 0 spiro atoms. The van der Waals surface area contributed by atoms with Gasteiger partial charge in [-0.2, -0.15) is 0 Å². The summed E-state index contributed by atoms with van der Waals surface area (Å²) in [7, 11) is 0. The summed E-state index contributed by atoms with van der Waals surface area (Å²) in [6.07, 6.45) is 8.78. The third-order valence-electron chi connectivity index (χ3n) is 4.12. The minimum atomic E-state index is -0.344. The van der Waals surface area contributed by atoms with Crippen LogP contribution in [-0.4, -0.2) is 22.7 Å². The molecule has 100 valence electrons. The van der Waals surface area contributed by atoms with Crippen molar-refractivity contribution in [3.8, 4) is 0 Å². The van der Waals surface area contributed by atoms with Crippen LogP contribution in [0.3, 0.4) is 0 Å². The molecule has 18 heavy (non-hydrogen) atoms. The molecule has 1 aliphatic rings. The molecular weight excluding hydrogens is 224 g/mol. The zero-order valence-electron chi connectivity index (χ0n) is 11.0. The van der Waals surface area contributed by atoms with Crippen molar-refractivity contribution in [3.05, 3.63) is 30.1 Å². The van der Waals surface area contributed by atoms with E-state index in [1.54, 1.807) is 6.20 Å². The maximum atomic E-state index is 10.6. The van der Waals surface area contributed by atoms with Crippen molar-refractivity contribution in [3.63, 3.8) is 0 Å². The highest BCUT2D eigenvalue weighted by atomic mass is 16.3. The highest BCUT2D eigenvalue weighted by Crippen LogP contribution is 2.31. The maximum Gasteiger partial charge on any atom is 0.0664 e. The fourth-order valence-electron chi connectivity index (χ4n) is 3.01. The number of pyridine rings is 1. The molecule has 2 unspecified atom stereocenters. The molecule has 0 amide bonds. The largest absolute Gasteiger partial charge is 0.392 e. The van der Waals surface area contributed by atoms with Gasteiger partial charge in [0.05, 0.1) is 6.10 Å². The van der Waals surface area contributed by atoms with E-state index in [-0.39, 0.29) is 12.0 Å².